The van der Waals surface area contributed by atoms with Crippen molar-refractivity contribution in [2.75, 3.05) is 13.7 Å². The lowest BCUT2D eigenvalue weighted by Gasteiger charge is -2.15. The molecule has 18 heavy (non-hydrogen) atoms. The van der Waals surface area contributed by atoms with E-state index in [2.05, 4.69) is 30.9 Å². The third kappa shape index (κ3) is 5.84. The number of nitrogens with zero attached hydrogens (tertiary/aromatic N) is 2. The molecule has 104 valence electrons. The van der Waals surface area contributed by atoms with Crippen molar-refractivity contribution in [1.29, 1.82) is 0 Å². The molecular formula is C12H23N3O2S. The summed E-state index contributed by atoms with van der Waals surface area (Å²) in [4.78, 5) is 4.33. The number of hydrogen-bond acceptors (Lipinski definition) is 6. The minimum absolute atomic E-state index is 0.193. The summed E-state index contributed by atoms with van der Waals surface area (Å²) in [6.45, 7) is 7.19. The monoisotopic (exact) mass is 273 g/mol. The van der Waals surface area contributed by atoms with E-state index in [1.807, 2.05) is 0 Å². The van der Waals surface area contributed by atoms with E-state index < -0.39 is 0 Å². The number of ether oxygens (including phenoxy) is 1. The van der Waals surface area contributed by atoms with Crippen LogP contribution in [0.4, 0.5) is 0 Å². The van der Waals surface area contributed by atoms with Gasteiger partial charge in [-0.2, -0.15) is 4.98 Å². The van der Waals surface area contributed by atoms with Crippen LogP contribution < -0.4 is 5.73 Å². The van der Waals surface area contributed by atoms with Gasteiger partial charge in [-0.15, -0.1) is 11.8 Å². The van der Waals surface area contributed by atoms with Gasteiger partial charge in [-0.25, -0.2) is 0 Å². The molecule has 0 fully saturated rings. The fourth-order valence-electron chi connectivity index (χ4n) is 1.33. The van der Waals surface area contributed by atoms with Crippen LogP contribution in [0.2, 0.25) is 0 Å². The molecule has 0 radical (unpaired) electrons. The average Bonchev–Trinajstić information content (AvgIpc) is 2.74. The summed E-state index contributed by atoms with van der Waals surface area (Å²) < 4.78 is 10.4. The van der Waals surface area contributed by atoms with Crippen molar-refractivity contribution in [2.24, 2.45) is 5.73 Å². The molecule has 0 aliphatic carbocycles. The maximum absolute atomic E-state index is 5.97. The normalized spacial score (nSPS) is 13.8. The molecule has 0 aliphatic rings. The predicted octanol–water partition coefficient (Wildman–Crippen LogP) is 2.53. The van der Waals surface area contributed by atoms with Gasteiger partial charge in [0.15, 0.2) is 5.82 Å². The van der Waals surface area contributed by atoms with Crippen molar-refractivity contribution < 1.29 is 9.26 Å². The number of rotatable bonds is 7. The van der Waals surface area contributed by atoms with E-state index in [1.54, 1.807) is 18.9 Å². The van der Waals surface area contributed by atoms with Gasteiger partial charge in [0.05, 0.1) is 11.8 Å². The second-order valence-electron chi connectivity index (χ2n) is 5.19. The predicted molar refractivity (Wildman–Crippen MR) is 73.4 cm³/mol. The highest BCUT2D eigenvalue weighted by Crippen LogP contribution is 2.26. The first-order valence-electron chi connectivity index (χ1n) is 6.13. The van der Waals surface area contributed by atoms with E-state index in [0.717, 1.165) is 18.6 Å². The van der Waals surface area contributed by atoms with Gasteiger partial charge >= 0.3 is 0 Å². The van der Waals surface area contributed by atoms with Crippen molar-refractivity contribution in [2.45, 2.75) is 50.2 Å². The molecule has 1 unspecified atom stereocenters. The first-order chi connectivity index (χ1) is 8.42. The number of nitrogens with two attached hydrogens (primary N) is 1. The molecule has 0 aliphatic heterocycles. The summed E-state index contributed by atoms with van der Waals surface area (Å²) in [6, 6.07) is -0.193. The van der Waals surface area contributed by atoms with Gasteiger partial charge in [0.2, 0.25) is 5.89 Å². The molecule has 6 heteroatoms. The average molecular weight is 273 g/mol. The summed E-state index contributed by atoms with van der Waals surface area (Å²) in [5.41, 5.74) is 5.97. The third-order valence-corrected chi connectivity index (χ3v) is 3.57. The van der Waals surface area contributed by atoms with Crippen LogP contribution in [0.15, 0.2) is 4.52 Å². The van der Waals surface area contributed by atoms with Crippen LogP contribution in [0.1, 0.15) is 51.4 Å². The summed E-state index contributed by atoms with van der Waals surface area (Å²) >= 11 is 1.79. The first kappa shape index (κ1) is 15.5. The van der Waals surface area contributed by atoms with Gasteiger partial charge in [0, 0.05) is 18.5 Å². The summed E-state index contributed by atoms with van der Waals surface area (Å²) in [5, 5.41) is 3.95. The van der Waals surface area contributed by atoms with Gasteiger partial charge in [0.1, 0.15) is 0 Å². The Kier molecular flexibility index (Phi) is 6.11. The molecular weight excluding hydrogens is 250 g/mol. The van der Waals surface area contributed by atoms with Crippen LogP contribution in [0, 0.1) is 0 Å². The standard InChI is InChI=1S/C12H23N3O2S/c1-12(2,3)18-8-10-14-11(17-15-10)9(13)6-5-7-16-4/h9H,5-8,13H2,1-4H3. The number of aromatic nitrogens is 2. The Morgan fingerprint density at radius 2 is 2.17 bits per heavy atom. The minimum atomic E-state index is -0.193. The van der Waals surface area contributed by atoms with Gasteiger partial charge in [0.25, 0.3) is 0 Å². The zero-order valence-electron chi connectivity index (χ0n) is 11.6. The topological polar surface area (TPSA) is 74.2 Å². The number of thioether (sulfide) groups is 1. The fraction of sp³-hybridized carbons (Fsp3) is 0.833. The second-order valence-corrected chi connectivity index (χ2v) is 6.99. The molecule has 1 heterocycles. The van der Waals surface area contributed by atoms with E-state index in [0.29, 0.717) is 18.3 Å². The maximum atomic E-state index is 5.97. The lowest BCUT2D eigenvalue weighted by Crippen LogP contribution is -2.12. The lowest BCUT2D eigenvalue weighted by atomic mass is 10.2. The zero-order valence-corrected chi connectivity index (χ0v) is 12.4. The molecule has 0 amide bonds. The molecule has 1 atom stereocenters. The number of methoxy groups -OCH3 is 1. The molecule has 5 nitrogen and oxygen atoms in total. The van der Waals surface area contributed by atoms with Crippen LogP contribution >= 0.6 is 11.8 Å². The lowest BCUT2D eigenvalue weighted by molar-refractivity contribution is 0.188. The zero-order chi connectivity index (χ0) is 13.6. The maximum Gasteiger partial charge on any atom is 0.243 e. The first-order valence-corrected chi connectivity index (χ1v) is 7.12. The second kappa shape index (κ2) is 7.11. The van der Waals surface area contributed by atoms with Crippen LogP contribution in [-0.4, -0.2) is 28.6 Å². The number of hydrogen-bond donors (Lipinski definition) is 1. The molecule has 0 saturated carbocycles. The van der Waals surface area contributed by atoms with Crippen LogP contribution in [-0.2, 0) is 10.5 Å². The Morgan fingerprint density at radius 1 is 1.44 bits per heavy atom. The van der Waals surface area contributed by atoms with Crippen molar-refractivity contribution >= 4 is 11.8 Å². The van der Waals surface area contributed by atoms with E-state index in [1.165, 1.54) is 0 Å². The van der Waals surface area contributed by atoms with E-state index >= 15 is 0 Å². The smallest absolute Gasteiger partial charge is 0.243 e. The van der Waals surface area contributed by atoms with Crippen LogP contribution in [0.5, 0.6) is 0 Å². The Hall–Kier alpha value is -0.590. The van der Waals surface area contributed by atoms with Crippen molar-refractivity contribution in [3.63, 3.8) is 0 Å². The van der Waals surface area contributed by atoms with E-state index in [4.69, 9.17) is 15.0 Å². The van der Waals surface area contributed by atoms with Gasteiger partial charge in [-0.3, -0.25) is 0 Å². The van der Waals surface area contributed by atoms with Gasteiger partial charge < -0.3 is 15.0 Å². The summed E-state index contributed by atoms with van der Waals surface area (Å²) in [6.07, 6.45) is 1.69. The molecule has 2 N–H and O–H groups in total. The molecule has 1 aromatic rings. The van der Waals surface area contributed by atoms with Gasteiger partial charge in [-0.1, -0.05) is 25.9 Å². The summed E-state index contributed by atoms with van der Waals surface area (Å²) in [5.74, 6) is 1.99. The quantitative estimate of drug-likeness (QED) is 0.769. The molecule has 0 spiro atoms. The van der Waals surface area contributed by atoms with Crippen molar-refractivity contribution in [3.8, 4) is 0 Å². The SMILES string of the molecule is COCCCC(N)c1nc(CSC(C)(C)C)no1. The van der Waals surface area contributed by atoms with Crippen molar-refractivity contribution in [1.82, 2.24) is 10.1 Å². The fourth-order valence-corrected chi connectivity index (χ4v) is 2.01. The molecule has 0 saturated heterocycles. The third-order valence-electron chi connectivity index (χ3n) is 2.30. The molecule has 1 rings (SSSR count). The molecule has 1 aromatic heterocycles. The van der Waals surface area contributed by atoms with E-state index in [-0.39, 0.29) is 10.8 Å². The van der Waals surface area contributed by atoms with E-state index in [9.17, 15) is 0 Å². The van der Waals surface area contributed by atoms with Crippen molar-refractivity contribution in [3.05, 3.63) is 11.7 Å². The van der Waals surface area contributed by atoms with Gasteiger partial charge in [-0.05, 0) is 12.8 Å². The molecule has 0 aromatic carbocycles. The Morgan fingerprint density at radius 3 is 2.78 bits per heavy atom. The van der Waals surface area contributed by atoms with Crippen LogP contribution in [0.3, 0.4) is 0 Å². The summed E-state index contributed by atoms with van der Waals surface area (Å²) in [7, 11) is 1.68. The minimum Gasteiger partial charge on any atom is -0.385 e. The highest BCUT2D eigenvalue weighted by Gasteiger charge is 2.17. The van der Waals surface area contributed by atoms with Crippen LogP contribution in [0.25, 0.3) is 0 Å². The Bertz CT molecular complexity index is 349. The Labute approximate surface area is 113 Å². The molecule has 0 bridgehead atoms. The largest absolute Gasteiger partial charge is 0.385 e. The Balaban J connectivity index is 2.42. The highest BCUT2D eigenvalue weighted by atomic mass is 32.2. The highest BCUT2D eigenvalue weighted by molar-refractivity contribution is 7.99.